The van der Waals surface area contributed by atoms with Gasteiger partial charge in [0.05, 0.1) is 11.0 Å². The molecule has 0 spiro atoms. The second-order valence-electron chi connectivity index (χ2n) is 6.72. The molecule has 0 aromatic heterocycles. The van der Waals surface area contributed by atoms with Crippen molar-refractivity contribution in [3.63, 3.8) is 0 Å². The maximum atomic E-state index is 12.3. The molecule has 1 aromatic rings. The van der Waals surface area contributed by atoms with E-state index in [9.17, 15) is 13.2 Å². The minimum atomic E-state index is -3.60. The predicted octanol–water partition coefficient (Wildman–Crippen LogP) is 0.611. The van der Waals surface area contributed by atoms with Crippen LogP contribution in [-0.2, 0) is 14.8 Å². The molecule has 25 heavy (non-hydrogen) atoms. The minimum absolute atomic E-state index is 0.00870. The molecule has 1 saturated carbocycles. The molecule has 2 fully saturated rings. The number of rotatable bonds is 8. The summed E-state index contributed by atoms with van der Waals surface area (Å²) < 4.78 is 32.5. The lowest BCUT2D eigenvalue weighted by molar-refractivity contribution is 0.0950. The predicted molar refractivity (Wildman–Crippen MR) is 93.6 cm³/mol. The Morgan fingerprint density at radius 2 is 1.96 bits per heavy atom. The van der Waals surface area contributed by atoms with Crippen molar-refractivity contribution in [2.75, 3.05) is 19.7 Å². The minimum Gasteiger partial charge on any atom is -0.377 e. The maximum absolute atomic E-state index is 12.3. The highest BCUT2D eigenvalue weighted by atomic mass is 32.2. The fraction of sp³-hybridized carbons (Fsp3) is 0.588. The molecule has 1 saturated heterocycles. The van der Waals surface area contributed by atoms with Gasteiger partial charge in [-0.1, -0.05) is 0 Å². The third-order valence-corrected chi connectivity index (χ3v) is 6.12. The van der Waals surface area contributed by atoms with Crippen molar-refractivity contribution in [3.8, 4) is 0 Å². The van der Waals surface area contributed by atoms with Gasteiger partial charge in [0.1, 0.15) is 0 Å². The van der Waals surface area contributed by atoms with Gasteiger partial charge in [-0.2, -0.15) is 0 Å². The number of carbonyl (C=O) groups is 1. The summed E-state index contributed by atoms with van der Waals surface area (Å²) in [6.45, 7) is 1.39. The molecule has 2 atom stereocenters. The molecule has 1 amide bonds. The van der Waals surface area contributed by atoms with Gasteiger partial charge in [-0.05, 0) is 55.9 Å². The van der Waals surface area contributed by atoms with Gasteiger partial charge in [0.2, 0.25) is 10.0 Å². The zero-order chi connectivity index (χ0) is 17.9. The van der Waals surface area contributed by atoms with Crippen molar-refractivity contribution in [2.45, 2.75) is 42.7 Å². The van der Waals surface area contributed by atoms with Gasteiger partial charge in [0, 0.05) is 31.3 Å². The fourth-order valence-electron chi connectivity index (χ4n) is 2.88. The first-order valence-corrected chi connectivity index (χ1v) is 10.2. The Morgan fingerprint density at radius 1 is 1.24 bits per heavy atom. The Kier molecular flexibility index (Phi) is 5.73. The summed E-state index contributed by atoms with van der Waals surface area (Å²) in [5.74, 6) is 0.273. The number of sulfonamides is 1. The average Bonchev–Trinajstić information content (AvgIpc) is 3.34. The molecule has 4 N–H and O–H groups in total. The number of hydrogen-bond acceptors (Lipinski definition) is 5. The van der Waals surface area contributed by atoms with Gasteiger partial charge < -0.3 is 15.8 Å². The van der Waals surface area contributed by atoms with Crippen LogP contribution < -0.4 is 15.8 Å². The first kappa shape index (κ1) is 18.3. The SMILES string of the molecule is NC(CNC(=O)c1ccc(S(=O)(=O)NCC2CCCO2)cc1)C1CC1. The largest absolute Gasteiger partial charge is 0.377 e. The molecule has 2 unspecified atom stereocenters. The molecule has 0 bridgehead atoms. The summed E-state index contributed by atoms with van der Waals surface area (Å²) in [6, 6.07) is 5.89. The second-order valence-corrected chi connectivity index (χ2v) is 8.49. The molecular weight excluding hydrogens is 342 g/mol. The third-order valence-electron chi connectivity index (χ3n) is 4.68. The van der Waals surface area contributed by atoms with E-state index in [2.05, 4.69) is 10.0 Å². The Labute approximate surface area is 148 Å². The molecule has 1 aliphatic heterocycles. The summed E-state index contributed by atoms with van der Waals surface area (Å²) in [4.78, 5) is 12.2. The number of ether oxygens (including phenoxy) is 1. The molecule has 7 nitrogen and oxygen atoms in total. The summed E-state index contributed by atoms with van der Waals surface area (Å²) in [7, 11) is -3.60. The van der Waals surface area contributed by atoms with Crippen molar-refractivity contribution >= 4 is 15.9 Å². The lowest BCUT2D eigenvalue weighted by atomic mass is 10.2. The number of nitrogens with one attached hydrogen (secondary N) is 2. The molecule has 8 heteroatoms. The van der Waals surface area contributed by atoms with E-state index in [0.29, 0.717) is 24.6 Å². The van der Waals surface area contributed by atoms with Crippen LogP contribution in [0.5, 0.6) is 0 Å². The van der Waals surface area contributed by atoms with Crippen LogP contribution in [0.25, 0.3) is 0 Å². The van der Waals surface area contributed by atoms with Crippen LogP contribution >= 0.6 is 0 Å². The Balaban J connectivity index is 1.53. The summed E-state index contributed by atoms with van der Waals surface area (Å²) in [5.41, 5.74) is 6.38. The fourth-order valence-corrected chi connectivity index (χ4v) is 3.95. The number of carbonyl (C=O) groups excluding carboxylic acids is 1. The van der Waals surface area contributed by atoms with E-state index in [-0.39, 0.29) is 29.5 Å². The molecule has 1 aromatic carbocycles. The standard InChI is InChI=1S/C17H25N3O4S/c18-16(12-3-4-12)11-19-17(21)13-5-7-15(8-6-13)25(22,23)20-10-14-2-1-9-24-14/h5-8,12,14,16,20H,1-4,9-11,18H2,(H,19,21). The van der Waals surface area contributed by atoms with Gasteiger partial charge in [0.25, 0.3) is 5.91 Å². The van der Waals surface area contributed by atoms with Crippen LogP contribution in [0.2, 0.25) is 0 Å². The molecule has 0 radical (unpaired) electrons. The highest BCUT2D eigenvalue weighted by Gasteiger charge is 2.28. The maximum Gasteiger partial charge on any atom is 0.251 e. The van der Waals surface area contributed by atoms with E-state index in [1.165, 1.54) is 24.3 Å². The number of nitrogens with two attached hydrogens (primary N) is 1. The van der Waals surface area contributed by atoms with Crippen molar-refractivity contribution < 1.29 is 17.9 Å². The number of benzene rings is 1. The van der Waals surface area contributed by atoms with Gasteiger partial charge >= 0.3 is 0 Å². The van der Waals surface area contributed by atoms with Crippen molar-refractivity contribution in [3.05, 3.63) is 29.8 Å². The highest BCUT2D eigenvalue weighted by molar-refractivity contribution is 7.89. The zero-order valence-electron chi connectivity index (χ0n) is 14.1. The quantitative estimate of drug-likeness (QED) is 0.623. The van der Waals surface area contributed by atoms with E-state index in [0.717, 1.165) is 25.7 Å². The number of hydrogen-bond donors (Lipinski definition) is 3. The molecule has 1 aliphatic carbocycles. The second kappa shape index (κ2) is 7.82. The summed E-state index contributed by atoms with van der Waals surface area (Å²) in [5, 5.41) is 2.79. The Morgan fingerprint density at radius 3 is 2.56 bits per heavy atom. The van der Waals surface area contributed by atoms with Crippen LogP contribution in [0.3, 0.4) is 0 Å². The van der Waals surface area contributed by atoms with E-state index in [4.69, 9.17) is 10.5 Å². The Bertz CT molecular complexity index is 695. The zero-order valence-corrected chi connectivity index (χ0v) is 14.9. The molecule has 1 heterocycles. The van der Waals surface area contributed by atoms with E-state index in [1.54, 1.807) is 0 Å². The van der Waals surface area contributed by atoms with Crippen LogP contribution in [0.15, 0.2) is 29.2 Å². The lowest BCUT2D eigenvalue weighted by Gasteiger charge is -2.13. The molecule has 2 aliphatic rings. The highest BCUT2D eigenvalue weighted by Crippen LogP contribution is 2.31. The van der Waals surface area contributed by atoms with Gasteiger partial charge in [-0.15, -0.1) is 0 Å². The molecular formula is C17H25N3O4S. The van der Waals surface area contributed by atoms with E-state index < -0.39 is 10.0 Å². The van der Waals surface area contributed by atoms with Gasteiger partial charge in [-0.3, -0.25) is 4.79 Å². The average molecular weight is 367 g/mol. The van der Waals surface area contributed by atoms with Crippen LogP contribution in [0, 0.1) is 5.92 Å². The first-order chi connectivity index (χ1) is 12.0. The van der Waals surface area contributed by atoms with Gasteiger partial charge in [-0.25, -0.2) is 13.1 Å². The van der Waals surface area contributed by atoms with E-state index in [1.807, 2.05) is 0 Å². The first-order valence-electron chi connectivity index (χ1n) is 8.71. The third kappa shape index (κ3) is 5.01. The van der Waals surface area contributed by atoms with Gasteiger partial charge in [0.15, 0.2) is 0 Å². The summed E-state index contributed by atoms with van der Waals surface area (Å²) >= 11 is 0. The lowest BCUT2D eigenvalue weighted by Crippen LogP contribution is -2.38. The van der Waals surface area contributed by atoms with Crippen molar-refractivity contribution in [1.29, 1.82) is 0 Å². The normalized spacial score (nSPS) is 21.9. The van der Waals surface area contributed by atoms with Crippen LogP contribution in [-0.4, -0.2) is 46.2 Å². The number of amides is 1. The Hall–Kier alpha value is -1.48. The van der Waals surface area contributed by atoms with Crippen LogP contribution in [0.1, 0.15) is 36.0 Å². The van der Waals surface area contributed by atoms with Crippen molar-refractivity contribution in [1.82, 2.24) is 10.0 Å². The van der Waals surface area contributed by atoms with Crippen LogP contribution in [0.4, 0.5) is 0 Å². The summed E-state index contributed by atoms with van der Waals surface area (Å²) in [6.07, 6.45) is 4.02. The van der Waals surface area contributed by atoms with Crippen molar-refractivity contribution in [2.24, 2.45) is 11.7 Å². The monoisotopic (exact) mass is 367 g/mol. The molecule has 3 rings (SSSR count). The topological polar surface area (TPSA) is 111 Å². The smallest absolute Gasteiger partial charge is 0.251 e. The molecule has 138 valence electrons. The van der Waals surface area contributed by atoms with E-state index >= 15 is 0 Å².